The summed E-state index contributed by atoms with van der Waals surface area (Å²) in [6.45, 7) is 6.93. The van der Waals surface area contributed by atoms with E-state index in [9.17, 15) is 0 Å². The van der Waals surface area contributed by atoms with Crippen molar-refractivity contribution in [1.29, 1.82) is 0 Å². The molecule has 1 heteroatoms. The van der Waals surface area contributed by atoms with Crippen molar-refractivity contribution in [2.45, 2.75) is 77.4 Å². The summed E-state index contributed by atoms with van der Waals surface area (Å²) in [5, 5.41) is 0. The highest BCUT2D eigenvalue weighted by molar-refractivity contribution is 5.03. The van der Waals surface area contributed by atoms with Crippen molar-refractivity contribution >= 4 is 0 Å². The zero-order valence-electron chi connectivity index (χ0n) is 10.6. The summed E-state index contributed by atoms with van der Waals surface area (Å²) < 4.78 is 5.74. The average molecular weight is 210 g/mol. The molecule has 2 fully saturated rings. The smallest absolute Gasteiger partial charge is 0.0920 e. The topological polar surface area (TPSA) is 12.5 Å². The Morgan fingerprint density at radius 3 is 2.80 bits per heavy atom. The van der Waals surface area contributed by atoms with E-state index in [1.807, 2.05) is 0 Å². The predicted octanol–water partition coefficient (Wildman–Crippen LogP) is 4.16. The van der Waals surface area contributed by atoms with Crippen molar-refractivity contribution < 1.29 is 4.74 Å². The Morgan fingerprint density at radius 2 is 2.13 bits per heavy atom. The Hall–Kier alpha value is -0.0400. The van der Waals surface area contributed by atoms with Crippen molar-refractivity contribution in [1.82, 2.24) is 0 Å². The maximum Gasteiger partial charge on any atom is 0.0920 e. The first-order valence-corrected chi connectivity index (χ1v) is 6.78. The molecule has 1 saturated carbocycles. The molecule has 0 aromatic carbocycles. The van der Waals surface area contributed by atoms with E-state index in [0.29, 0.717) is 11.7 Å². The van der Waals surface area contributed by atoms with E-state index in [4.69, 9.17) is 4.74 Å². The minimum Gasteiger partial charge on any atom is -0.366 e. The van der Waals surface area contributed by atoms with Gasteiger partial charge in [0.05, 0.1) is 11.7 Å². The third kappa shape index (κ3) is 2.96. The first-order chi connectivity index (χ1) is 7.10. The Bertz CT molecular complexity index is 211. The van der Waals surface area contributed by atoms with Gasteiger partial charge >= 0.3 is 0 Å². The minimum absolute atomic E-state index is 0.314. The van der Waals surface area contributed by atoms with E-state index in [1.165, 1.54) is 44.9 Å². The Balaban J connectivity index is 1.57. The normalized spacial score (nSPS) is 39.2. The fourth-order valence-electron chi connectivity index (χ4n) is 2.97. The highest BCUT2D eigenvalue weighted by atomic mass is 16.6. The van der Waals surface area contributed by atoms with Crippen molar-refractivity contribution in [2.24, 2.45) is 11.8 Å². The molecule has 2 aliphatic rings. The molecule has 0 aromatic rings. The van der Waals surface area contributed by atoms with Gasteiger partial charge in [-0.05, 0) is 38.0 Å². The highest BCUT2D eigenvalue weighted by Crippen LogP contribution is 2.50. The summed E-state index contributed by atoms with van der Waals surface area (Å²) in [6, 6.07) is 0. The van der Waals surface area contributed by atoms with E-state index >= 15 is 0 Å². The summed E-state index contributed by atoms with van der Waals surface area (Å²) in [4.78, 5) is 0. The zero-order chi connectivity index (χ0) is 10.9. The van der Waals surface area contributed by atoms with Crippen LogP contribution in [0.2, 0.25) is 0 Å². The maximum absolute atomic E-state index is 5.74. The third-order valence-electron chi connectivity index (χ3n) is 4.28. The molecule has 15 heavy (non-hydrogen) atoms. The van der Waals surface area contributed by atoms with Gasteiger partial charge in [0, 0.05) is 0 Å². The Morgan fingerprint density at radius 1 is 1.33 bits per heavy atom. The molecule has 1 saturated heterocycles. The van der Waals surface area contributed by atoms with Gasteiger partial charge in [-0.25, -0.2) is 0 Å². The summed E-state index contributed by atoms with van der Waals surface area (Å²) in [6.07, 6.45) is 10.4. The predicted molar refractivity (Wildman–Crippen MR) is 63.9 cm³/mol. The lowest BCUT2D eigenvalue weighted by molar-refractivity contribution is 0.297. The monoisotopic (exact) mass is 210 g/mol. The quantitative estimate of drug-likeness (QED) is 0.490. The molecule has 0 amide bonds. The molecule has 1 heterocycles. The first kappa shape index (κ1) is 11.4. The fraction of sp³-hybridized carbons (Fsp3) is 1.00. The number of unbranched alkanes of at least 4 members (excludes halogenated alkanes) is 1. The van der Waals surface area contributed by atoms with E-state index < -0.39 is 0 Å². The lowest BCUT2D eigenvalue weighted by Gasteiger charge is -2.22. The molecule has 1 aliphatic carbocycles. The summed E-state index contributed by atoms with van der Waals surface area (Å²) in [7, 11) is 0. The van der Waals surface area contributed by atoms with Crippen LogP contribution >= 0.6 is 0 Å². The van der Waals surface area contributed by atoms with Gasteiger partial charge in [0.1, 0.15) is 0 Å². The van der Waals surface area contributed by atoms with Crippen LogP contribution in [0, 0.1) is 11.8 Å². The van der Waals surface area contributed by atoms with Gasteiger partial charge < -0.3 is 4.74 Å². The van der Waals surface area contributed by atoms with Crippen LogP contribution in [0.5, 0.6) is 0 Å². The average Bonchev–Trinajstić information content (AvgIpc) is 2.83. The van der Waals surface area contributed by atoms with Crippen LogP contribution < -0.4 is 0 Å². The van der Waals surface area contributed by atoms with Crippen LogP contribution in [0.4, 0.5) is 0 Å². The van der Waals surface area contributed by atoms with Crippen molar-refractivity contribution in [3.05, 3.63) is 0 Å². The largest absolute Gasteiger partial charge is 0.366 e. The lowest BCUT2D eigenvalue weighted by atomic mass is 9.80. The number of hydrogen-bond acceptors (Lipinski definition) is 1. The number of hydrogen-bond donors (Lipinski definition) is 0. The Kier molecular flexibility index (Phi) is 3.39. The molecule has 3 atom stereocenters. The van der Waals surface area contributed by atoms with Crippen molar-refractivity contribution in [3.63, 3.8) is 0 Å². The second kappa shape index (κ2) is 4.45. The minimum atomic E-state index is 0.314. The number of epoxide rings is 1. The highest BCUT2D eigenvalue weighted by Gasteiger charge is 2.54. The number of fused-ring (bicyclic) bond motifs is 1. The molecule has 0 bridgehead atoms. The molecule has 1 aliphatic heterocycles. The van der Waals surface area contributed by atoms with Gasteiger partial charge in [0.15, 0.2) is 0 Å². The van der Waals surface area contributed by atoms with Gasteiger partial charge in [-0.2, -0.15) is 0 Å². The second-order valence-corrected chi connectivity index (χ2v) is 6.24. The lowest BCUT2D eigenvalue weighted by Crippen LogP contribution is -2.21. The van der Waals surface area contributed by atoms with Gasteiger partial charge in [0.25, 0.3) is 0 Å². The molecule has 0 spiro atoms. The molecule has 88 valence electrons. The zero-order valence-corrected chi connectivity index (χ0v) is 10.6. The molecule has 0 radical (unpaired) electrons. The number of ether oxygens (including phenoxy) is 1. The molecule has 1 nitrogen and oxygen atoms in total. The second-order valence-electron chi connectivity index (χ2n) is 6.24. The van der Waals surface area contributed by atoms with Gasteiger partial charge in [-0.1, -0.05) is 39.5 Å². The fourth-order valence-corrected chi connectivity index (χ4v) is 2.97. The van der Waals surface area contributed by atoms with Gasteiger partial charge in [0.2, 0.25) is 0 Å². The van der Waals surface area contributed by atoms with E-state index in [1.54, 1.807) is 0 Å². The van der Waals surface area contributed by atoms with Crippen LogP contribution in [-0.4, -0.2) is 11.7 Å². The van der Waals surface area contributed by atoms with Crippen molar-refractivity contribution in [2.75, 3.05) is 0 Å². The van der Waals surface area contributed by atoms with Crippen molar-refractivity contribution in [3.8, 4) is 0 Å². The molecule has 0 N–H and O–H groups in total. The maximum atomic E-state index is 5.74. The van der Waals surface area contributed by atoms with Crippen LogP contribution in [0.1, 0.15) is 65.7 Å². The van der Waals surface area contributed by atoms with Gasteiger partial charge in [-0.15, -0.1) is 0 Å². The van der Waals surface area contributed by atoms with E-state index in [-0.39, 0.29) is 0 Å². The SMILES string of the molecule is CC(C)CCCCC1CCC2(C)OC2C1. The summed E-state index contributed by atoms with van der Waals surface area (Å²) in [5.74, 6) is 1.85. The van der Waals surface area contributed by atoms with E-state index in [2.05, 4.69) is 20.8 Å². The standard InChI is InChI=1S/C14H26O/c1-11(2)6-4-5-7-12-8-9-14(3)13(10-12)15-14/h11-13H,4-10H2,1-3H3. The van der Waals surface area contributed by atoms with Crippen LogP contribution in [0.25, 0.3) is 0 Å². The van der Waals surface area contributed by atoms with Gasteiger partial charge in [-0.3, -0.25) is 0 Å². The van der Waals surface area contributed by atoms with Crippen LogP contribution in [0.15, 0.2) is 0 Å². The van der Waals surface area contributed by atoms with Crippen LogP contribution in [0.3, 0.4) is 0 Å². The number of rotatable bonds is 5. The summed E-state index contributed by atoms with van der Waals surface area (Å²) in [5.41, 5.74) is 0.314. The molecular weight excluding hydrogens is 184 g/mol. The Labute approximate surface area is 94.6 Å². The van der Waals surface area contributed by atoms with Crippen LogP contribution in [-0.2, 0) is 4.74 Å². The molecular formula is C14H26O. The molecule has 3 unspecified atom stereocenters. The third-order valence-corrected chi connectivity index (χ3v) is 4.28. The summed E-state index contributed by atoms with van der Waals surface area (Å²) >= 11 is 0. The molecule has 0 aromatic heterocycles. The molecule has 2 rings (SSSR count). The first-order valence-electron chi connectivity index (χ1n) is 6.78. The van der Waals surface area contributed by atoms with E-state index in [0.717, 1.165) is 11.8 Å².